The van der Waals surface area contributed by atoms with Crippen molar-refractivity contribution in [1.82, 2.24) is 5.32 Å². The van der Waals surface area contributed by atoms with Crippen molar-refractivity contribution in [2.45, 2.75) is 23.5 Å². The highest BCUT2D eigenvalue weighted by Gasteiger charge is 2.41. The van der Waals surface area contributed by atoms with Gasteiger partial charge in [-0.1, -0.05) is 12.1 Å². The number of carbonyl (C=O) groups excluding carboxylic acids is 1. The Kier molecular flexibility index (Phi) is 4.00. The van der Waals surface area contributed by atoms with Crippen LogP contribution in [0.15, 0.2) is 24.3 Å². The highest BCUT2D eigenvalue weighted by atomic mass is 35.5. The van der Waals surface area contributed by atoms with Gasteiger partial charge >= 0.3 is 0 Å². The molecule has 0 spiro atoms. The summed E-state index contributed by atoms with van der Waals surface area (Å²) in [6.45, 7) is 0.768. The van der Waals surface area contributed by atoms with Gasteiger partial charge in [-0.15, -0.1) is 11.6 Å². The van der Waals surface area contributed by atoms with Crippen LogP contribution in [0.4, 0.5) is 0 Å². The number of nitrogens with one attached hydrogen (secondary N) is 1. The van der Waals surface area contributed by atoms with Gasteiger partial charge in [-0.05, 0) is 36.8 Å². The molecule has 0 aliphatic heterocycles. The van der Waals surface area contributed by atoms with E-state index in [4.69, 9.17) is 11.6 Å². The van der Waals surface area contributed by atoms with Gasteiger partial charge in [0.1, 0.15) is 0 Å². The summed E-state index contributed by atoms with van der Waals surface area (Å²) >= 11 is 7.55. The fourth-order valence-corrected chi connectivity index (χ4v) is 2.59. The number of carbonyl (C=O) groups is 1. The highest BCUT2D eigenvalue weighted by Crippen LogP contribution is 2.46. The number of alkyl halides is 1. The van der Waals surface area contributed by atoms with Crippen LogP contribution in [0.5, 0.6) is 0 Å². The maximum atomic E-state index is 11.9. The zero-order chi connectivity index (χ0) is 12.3. The SMILES string of the molecule is CSC1(CNC(=O)c2ccc(CCl)cc2)CC1. The molecule has 1 saturated carbocycles. The van der Waals surface area contributed by atoms with Crippen molar-refractivity contribution in [2.75, 3.05) is 12.8 Å². The highest BCUT2D eigenvalue weighted by molar-refractivity contribution is 8.00. The van der Waals surface area contributed by atoms with Crippen LogP contribution >= 0.6 is 23.4 Å². The molecule has 0 aromatic heterocycles. The van der Waals surface area contributed by atoms with Crippen molar-refractivity contribution in [3.05, 3.63) is 35.4 Å². The first-order valence-corrected chi connectivity index (χ1v) is 7.43. The summed E-state index contributed by atoms with van der Waals surface area (Å²) in [6, 6.07) is 7.43. The van der Waals surface area contributed by atoms with E-state index in [2.05, 4.69) is 11.6 Å². The van der Waals surface area contributed by atoms with E-state index in [9.17, 15) is 4.79 Å². The second-order valence-corrected chi connectivity index (χ2v) is 5.94. The molecule has 1 fully saturated rings. The monoisotopic (exact) mass is 269 g/mol. The molecule has 1 aliphatic rings. The third kappa shape index (κ3) is 3.17. The summed E-state index contributed by atoms with van der Waals surface area (Å²) in [5.74, 6) is 0.490. The first-order valence-electron chi connectivity index (χ1n) is 5.67. The molecular formula is C13H16ClNOS. The fraction of sp³-hybridized carbons (Fsp3) is 0.462. The number of amides is 1. The lowest BCUT2D eigenvalue weighted by Gasteiger charge is -2.13. The molecule has 4 heteroatoms. The minimum Gasteiger partial charge on any atom is -0.351 e. The normalized spacial score (nSPS) is 16.6. The summed E-state index contributed by atoms with van der Waals surface area (Å²) in [7, 11) is 0. The molecule has 1 aliphatic carbocycles. The van der Waals surface area contributed by atoms with E-state index < -0.39 is 0 Å². The van der Waals surface area contributed by atoms with Crippen molar-refractivity contribution in [2.24, 2.45) is 0 Å². The van der Waals surface area contributed by atoms with Crippen LogP contribution in [0.25, 0.3) is 0 Å². The van der Waals surface area contributed by atoms with Gasteiger partial charge in [0.05, 0.1) is 0 Å². The van der Waals surface area contributed by atoms with Crippen molar-refractivity contribution in [3.63, 3.8) is 0 Å². The third-order valence-corrected chi connectivity index (χ3v) is 4.91. The molecule has 1 aromatic rings. The number of thioether (sulfide) groups is 1. The van der Waals surface area contributed by atoms with E-state index in [1.165, 1.54) is 12.8 Å². The van der Waals surface area contributed by atoms with Crippen molar-refractivity contribution in [3.8, 4) is 0 Å². The average molecular weight is 270 g/mol. The van der Waals surface area contributed by atoms with Crippen LogP contribution < -0.4 is 5.32 Å². The van der Waals surface area contributed by atoms with E-state index in [1.807, 2.05) is 36.0 Å². The zero-order valence-electron chi connectivity index (χ0n) is 9.83. The first-order chi connectivity index (χ1) is 8.19. The number of hydrogen-bond acceptors (Lipinski definition) is 2. The summed E-state index contributed by atoms with van der Waals surface area (Å²) in [5.41, 5.74) is 1.74. The van der Waals surface area contributed by atoms with Crippen LogP contribution in [-0.2, 0) is 5.88 Å². The summed E-state index contributed by atoms with van der Waals surface area (Å²) in [4.78, 5) is 11.9. The smallest absolute Gasteiger partial charge is 0.251 e. The van der Waals surface area contributed by atoms with Gasteiger partial charge in [-0.2, -0.15) is 11.8 Å². The van der Waals surface area contributed by atoms with Gasteiger partial charge in [0.2, 0.25) is 0 Å². The maximum Gasteiger partial charge on any atom is 0.251 e. The Bertz CT molecular complexity index is 400. The van der Waals surface area contributed by atoms with E-state index in [-0.39, 0.29) is 5.91 Å². The minimum absolute atomic E-state index is 0.00597. The quantitative estimate of drug-likeness (QED) is 0.833. The van der Waals surface area contributed by atoms with Crippen molar-refractivity contribution >= 4 is 29.3 Å². The van der Waals surface area contributed by atoms with Crippen LogP contribution in [0.2, 0.25) is 0 Å². The maximum absolute atomic E-state index is 11.9. The molecule has 2 rings (SSSR count). The lowest BCUT2D eigenvalue weighted by Crippen LogP contribution is -2.31. The molecule has 0 bridgehead atoms. The van der Waals surface area contributed by atoms with Gasteiger partial charge in [0.25, 0.3) is 5.91 Å². The van der Waals surface area contributed by atoms with Gasteiger partial charge in [0.15, 0.2) is 0 Å². The number of hydrogen-bond donors (Lipinski definition) is 1. The largest absolute Gasteiger partial charge is 0.351 e. The molecule has 1 amide bonds. The standard InChI is InChI=1S/C13H16ClNOS/c1-17-13(6-7-13)9-15-12(16)11-4-2-10(8-14)3-5-11/h2-5H,6-9H2,1H3,(H,15,16). The molecule has 17 heavy (non-hydrogen) atoms. The number of benzene rings is 1. The molecule has 0 heterocycles. The Hall–Kier alpha value is -0.670. The molecule has 1 N–H and O–H groups in total. The van der Waals surface area contributed by atoms with E-state index in [0.717, 1.165) is 12.1 Å². The van der Waals surface area contributed by atoms with Gasteiger partial charge < -0.3 is 5.32 Å². The molecular weight excluding hydrogens is 254 g/mol. The molecule has 2 nitrogen and oxygen atoms in total. The average Bonchev–Trinajstić information content (AvgIpc) is 3.17. The predicted octanol–water partition coefficient (Wildman–Crippen LogP) is 3.05. The van der Waals surface area contributed by atoms with E-state index in [1.54, 1.807) is 0 Å². The van der Waals surface area contributed by atoms with Crippen LogP contribution in [0, 0.1) is 0 Å². The first kappa shape index (κ1) is 12.8. The lowest BCUT2D eigenvalue weighted by atomic mass is 10.1. The Morgan fingerprint density at radius 3 is 2.53 bits per heavy atom. The predicted molar refractivity (Wildman–Crippen MR) is 73.8 cm³/mol. The molecule has 0 atom stereocenters. The van der Waals surface area contributed by atoms with Crippen LogP contribution in [-0.4, -0.2) is 23.5 Å². The van der Waals surface area contributed by atoms with Crippen molar-refractivity contribution in [1.29, 1.82) is 0 Å². The number of halogens is 1. The Morgan fingerprint density at radius 2 is 2.06 bits per heavy atom. The second kappa shape index (κ2) is 5.32. The summed E-state index contributed by atoms with van der Waals surface area (Å²) < 4.78 is 0.311. The third-order valence-electron chi connectivity index (χ3n) is 3.18. The second-order valence-electron chi connectivity index (χ2n) is 4.40. The molecule has 1 aromatic carbocycles. The van der Waals surface area contributed by atoms with Gasteiger partial charge in [-0.3, -0.25) is 4.79 Å². The lowest BCUT2D eigenvalue weighted by molar-refractivity contribution is 0.0953. The number of rotatable bonds is 5. The fourth-order valence-electron chi connectivity index (χ4n) is 1.68. The topological polar surface area (TPSA) is 29.1 Å². The Balaban J connectivity index is 1.90. The van der Waals surface area contributed by atoms with Gasteiger partial charge in [-0.25, -0.2) is 0 Å². The summed E-state index contributed by atoms with van der Waals surface area (Å²) in [6.07, 6.45) is 4.52. The molecule has 92 valence electrons. The molecule has 0 saturated heterocycles. The Morgan fingerprint density at radius 1 is 1.41 bits per heavy atom. The van der Waals surface area contributed by atoms with Crippen LogP contribution in [0.1, 0.15) is 28.8 Å². The van der Waals surface area contributed by atoms with E-state index >= 15 is 0 Å². The van der Waals surface area contributed by atoms with Gasteiger partial charge in [0, 0.05) is 22.7 Å². The molecule has 0 radical (unpaired) electrons. The van der Waals surface area contributed by atoms with E-state index in [0.29, 0.717) is 16.2 Å². The van der Waals surface area contributed by atoms with Crippen molar-refractivity contribution < 1.29 is 4.79 Å². The molecule has 0 unspecified atom stereocenters. The minimum atomic E-state index is 0.00597. The Labute approximate surface area is 111 Å². The van der Waals surface area contributed by atoms with Crippen LogP contribution in [0.3, 0.4) is 0 Å². The zero-order valence-corrected chi connectivity index (χ0v) is 11.4. The summed E-state index contributed by atoms with van der Waals surface area (Å²) in [5, 5.41) is 3.00.